The molecule has 2 amide bonds. The second-order valence-electron chi connectivity index (χ2n) is 2.98. The smallest absolute Gasteiger partial charge is 0.230 e. The van der Waals surface area contributed by atoms with Gasteiger partial charge in [-0.15, -0.1) is 0 Å². The summed E-state index contributed by atoms with van der Waals surface area (Å²) < 4.78 is 0. The SMILES string of the molecule is CC(=O)N(C(C)=O)c1cnc(Cl)nc1C. The Morgan fingerprint density at radius 2 is 1.87 bits per heavy atom. The normalized spacial score (nSPS) is 9.87. The number of nitrogens with zero attached hydrogens (tertiary/aromatic N) is 3. The number of amides is 2. The third kappa shape index (κ3) is 2.50. The van der Waals surface area contributed by atoms with Gasteiger partial charge >= 0.3 is 0 Å². The lowest BCUT2D eigenvalue weighted by Crippen LogP contribution is -2.33. The van der Waals surface area contributed by atoms with Crippen molar-refractivity contribution in [1.82, 2.24) is 9.97 Å². The molecule has 0 N–H and O–H groups in total. The van der Waals surface area contributed by atoms with Gasteiger partial charge in [-0.3, -0.25) is 9.59 Å². The lowest BCUT2D eigenvalue weighted by Gasteiger charge is -2.17. The number of carbonyl (C=O) groups excluding carboxylic acids is 2. The van der Waals surface area contributed by atoms with Crippen LogP contribution in [-0.4, -0.2) is 21.8 Å². The Kier molecular flexibility index (Phi) is 3.36. The van der Waals surface area contributed by atoms with Gasteiger partial charge in [-0.2, -0.15) is 0 Å². The van der Waals surface area contributed by atoms with Crippen LogP contribution < -0.4 is 4.90 Å². The van der Waals surface area contributed by atoms with Crippen LogP contribution in [0.4, 0.5) is 5.69 Å². The molecule has 80 valence electrons. The van der Waals surface area contributed by atoms with Gasteiger partial charge in [0.15, 0.2) is 0 Å². The maximum Gasteiger partial charge on any atom is 0.230 e. The fraction of sp³-hybridized carbons (Fsp3) is 0.333. The van der Waals surface area contributed by atoms with E-state index in [0.717, 1.165) is 4.90 Å². The van der Waals surface area contributed by atoms with Crippen molar-refractivity contribution in [2.24, 2.45) is 0 Å². The first-order valence-corrected chi connectivity index (χ1v) is 4.61. The van der Waals surface area contributed by atoms with Crippen LogP contribution >= 0.6 is 11.6 Å². The Morgan fingerprint density at radius 1 is 1.33 bits per heavy atom. The standard InChI is InChI=1S/C9H10ClN3O2/c1-5-8(4-11-9(10)12-5)13(6(2)14)7(3)15/h4H,1-3H3. The zero-order valence-corrected chi connectivity index (χ0v) is 9.37. The van der Waals surface area contributed by atoms with Crippen molar-refractivity contribution in [3.63, 3.8) is 0 Å². The highest BCUT2D eigenvalue weighted by Gasteiger charge is 2.19. The molecule has 0 radical (unpaired) electrons. The molecular weight excluding hydrogens is 218 g/mol. The minimum atomic E-state index is -0.378. The molecule has 0 fully saturated rings. The summed E-state index contributed by atoms with van der Waals surface area (Å²) in [6.07, 6.45) is 1.35. The number of rotatable bonds is 1. The monoisotopic (exact) mass is 227 g/mol. The molecule has 5 nitrogen and oxygen atoms in total. The van der Waals surface area contributed by atoms with Crippen molar-refractivity contribution in [3.05, 3.63) is 17.2 Å². The summed E-state index contributed by atoms with van der Waals surface area (Å²) in [5, 5.41) is 0.0864. The highest BCUT2D eigenvalue weighted by Crippen LogP contribution is 2.18. The highest BCUT2D eigenvalue weighted by atomic mass is 35.5. The maximum atomic E-state index is 11.2. The van der Waals surface area contributed by atoms with E-state index in [9.17, 15) is 9.59 Å². The summed E-state index contributed by atoms with van der Waals surface area (Å²) in [7, 11) is 0. The van der Waals surface area contributed by atoms with Gasteiger partial charge in [0.1, 0.15) is 0 Å². The molecule has 1 rings (SSSR count). The van der Waals surface area contributed by atoms with E-state index >= 15 is 0 Å². The average Bonchev–Trinajstić information content (AvgIpc) is 2.08. The van der Waals surface area contributed by atoms with Crippen molar-refractivity contribution in [2.45, 2.75) is 20.8 Å². The van der Waals surface area contributed by atoms with Crippen LogP contribution in [0.15, 0.2) is 6.20 Å². The van der Waals surface area contributed by atoms with E-state index in [-0.39, 0.29) is 17.1 Å². The van der Waals surface area contributed by atoms with Crippen molar-refractivity contribution in [3.8, 4) is 0 Å². The summed E-state index contributed by atoms with van der Waals surface area (Å²) in [4.78, 5) is 31.1. The predicted molar refractivity (Wildman–Crippen MR) is 55.6 cm³/mol. The van der Waals surface area contributed by atoms with Crippen LogP contribution in [-0.2, 0) is 9.59 Å². The third-order valence-corrected chi connectivity index (χ3v) is 1.98. The van der Waals surface area contributed by atoms with Crippen LogP contribution in [0.25, 0.3) is 0 Å². The first-order chi connectivity index (χ1) is 6.93. The van der Waals surface area contributed by atoms with E-state index in [1.165, 1.54) is 20.0 Å². The zero-order chi connectivity index (χ0) is 11.6. The van der Waals surface area contributed by atoms with Crippen LogP contribution in [0.2, 0.25) is 5.28 Å². The average molecular weight is 228 g/mol. The number of anilines is 1. The lowest BCUT2D eigenvalue weighted by molar-refractivity contribution is -0.124. The third-order valence-electron chi connectivity index (χ3n) is 1.79. The van der Waals surface area contributed by atoms with Crippen LogP contribution in [0.1, 0.15) is 19.5 Å². The molecule has 1 aromatic rings. The summed E-state index contributed by atoms with van der Waals surface area (Å²) in [6.45, 7) is 4.26. The van der Waals surface area contributed by atoms with Gasteiger partial charge in [0.05, 0.1) is 17.6 Å². The molecule has 1 heterocycles. The number of hydrogen-bond acceptors (Lipinski definition) is 4. The fourth-order valence-electron chi connectivity index (χ4n) is 1.21. The molecule has 0 saturated carbocycles. The first kappa shape index (κ1) is 11.6. The molecule has 1 aromatic heterocycles. The molecule has 0 spiro atoms. The lowest BCUT2D eigenvalue weighted by atomic mass is 10.3. The Morgan fingerprint density at radius 3 is 2.27 bits per heavy atom. The van der Waals surface area contributed by atoms with Crippen molar-refractivity contribution >= 4 is 29.1 Å². The molecule has 0 aromatic carbocycles. The molecule has 0 atom stereocenters. The van der Waals surface area contributed by atoms with Gasteiger partial charge in [-0.1, -0.05) is 0 Å². The minimum absolute atomic E-state index is 0.0864. The van der Waals surface area contributed by atoms with Gasteiger partial charge in [-0.25, -0.2) is 14.9 Å². The Labute approximate surface area is 92.1 Å². The molecule has 0 aliphatic heterocycles. The second kappa shape index (κ2) is 4.35. The van der Waals surface area contributed by atoms with Gasteiger partial charge < -0.3 is 0 Å². The summed E-state index contributed by atoms with van der Waals surface area (Å²) in [6, 6.07) is 0. The number of carbonyl (C=O) groups is 2. The Balaban J connectivity index is 3.23. The van der Waals surface area contributed by atoms with Crippen molar-refractivity contribution in [1.29, 1.82) is 0 Å². The first-order valence-electron chi connectivity index (χ1n) is 4.24. The summed E-state index contributed by atoms with van der Waals surface area (Å²) in [5.74, 6) is -0.756. The Hall–Kier alpha value is -1.49. The number of aryl methyl sites for hydroxylation is 1. The zero-order valence-electron chi connectivity index (χ0n) is 8.61. The summed E-state index contributed by atoms with van der Waals surface area (Å²) in [5.41, 5.74) is 0.847. The van der Waals surface area contributed by atoms with Gasteiger partial charge in [-0.05, 0) is 18.5 Å². The van der Waals surface area contributed by atoms with Gasteiger partial charge in [0.25, 0.3) is 0 Å². The molecule has 0 unspecified atom stereocenters. The molecule has 15 heavy (non-hydrogen) atoms. The topological polar surface area (TPSA) is 63.2 Å². The number of halogens is 1. The van der Waals surface area contributed by atoms with Crippen LogP contribution in [0, 0.1) is 6.92 Å². The van der Waals surface area contributed by atoms with Crippen LogP contribution in [0.3, 0.4) is 0 Å². The molecule has 0 saturated heterocycles. The van der Waals surface area contributed by atoms with E-state index in [4.69, 9.17) is 11.6 Å². The van der Waals surface area contributed by atoms with Crippen molar-refractivity contribution < 1.29 is 9.59 Å². The van der Waals surface area contributed by atoms with Gasteiger partial charge in [0.2, 0.25) is 17.1 Å². The Bertz CT molecular complexity index is 406. The van der Waals surface area contributed by atoms with Crippen LogP contribution in [0.5, 0.6) is 0 Å². The second-order valence-corrected chi connectivity index (χ2v) is 3.32. The van der Waals surface area contributed by atoms with Crippen molar-refractivity contribution in [2.75, 3.05) is 4.90 Å². The highest BCUT2D eigenvalue weighted by molar-refractivity contribution is 6.28. The molecule has 0 aliphatic carbocycles. The predicted octanol–water partition coefficient (Wildman–Crippen LogP) is 1.34. The molecule has 6 heteroatoms. The maximum absolute atomic E-state index is 11.2. The molecule has 0 aliphatic rings. The van der Waals surface area contributed by atoms with E-state index in [0.29, 0.717) is 11.4 Å². The molecular formula is C9H10ClN3O2. The van der Waals surface area contributed by atoms with E-state index in [2.05, 4.69) is 9.97 Å². The van der Waals surface area contributed by atoms with E-state index in [1.54, 1.807) is 6.92 Å². The molecule has 0 bridgehead atoms. The largest absolute Gasteiger partial charge is 0.274 e. The number of imide groups is 1. The van der Waals surface area contributed by atoms with E-state index in [1.807, 2.05) is 0 Å². The number of hydrogen-bond donors (Lipinski definition) is 0. The van der Waals surface area contributed by atoms with E-state index < -0.39 is 0 Å². The quantitative estimate of drug-likeness (QED) is 0.680. The van der Waals surface area contributed by atoms with Gasteiger partial charge in [0, 0.05) is 13.8 Å². The minimum Gasteiger partial charge on any atom is -0.274 e. The number of aromatic nitrogens is 2. The fourth-order valence-corrected chi connectivity index (χ4v) is 1.39. The summed E-state index contributed by atoms with van der Waals surface area (Å²) >= 11 is 5.57.